The lowest BCUT2D eigenvalue weighted by Gasteiger charge is -2.16. The van der Waals surface area contributed by atoms with E-state index in [1.807, 2.05) is 0 Å². The van der Waals surface area contributed by atoms with E-state index in [0.29, 0.717) is 5.92 Å². The highest BCUT2D eigenvalue weighted by molar-refractivity contribution is 4.62. The van der Waals surface area contributed by atoms with Crippen molar-refractivity contribution < 1.29 is 15.3 Å². The predicted molar refractivity (Wildman–Crippen MR) is 47.8 cm³/mol. The summed E-state index contributed by atoms with van der Waals surface area (Å²) < 4.78 is 0. The third-order valence-electron chi connectivity index (χ3n) is 1.98. The Labute approximate surface area is 74.0 Å². The van der Waals surface area contributed by atoms with E-state index < -0.39 is 0 Å². The molecule has 0 saturated heterocycles. The van der Waals surface area contributed by atoms with Gasteiger partial charge in [0, 0.05) is 13.2 Å². The molecule has 0 rings (SSSR count). The van der Waals surface area contributed by atoms with Gasteiger partial charge in [-0.2, -0.15) is 0 Å². The maximum atomic E-state index is 9.10. The van der Waals surface area contributed by atoms with Crippen molar-refractivity contribution in [3.05, 3.63) is 0 Å². The summed E-state index contributed by atoms with van der Waals surface area (Å²) in [6, 6.07) is 0. The molecule has 3 nitrogen and oxygen atoms in total. The lowest BCUT2D eigenvalue weighted by molar-refractivity contribution is 0.139. The second-order valence-corrected chi connectivity index (χ2v) is 3.33. The van der Waals surface area contributed by atoms with E-state index in [-0.39, 0.29) is 19.3 Å². The van der Waals surface area contributed by atoms with Gasteiger partial charge in [-0.25, -0.2) is 0 Å². The summed E-state index contributed by atoms with van der Waals surface area (Å²) in [5.41, 5.74) is 0. The molecule has 74 valence electrons. The molecule has 0 aliphatic carbocycles. The Morgan fingerprint density at radius 1 is 1.08 bits per heavy atom. The molecule has 0 amide bonds. The van der Waals surface area contributed by atoms with Crippen LogP contribution in [0.3, 0.4) is 0 Å². The van der Waals surface area contributed by atoms with Crippen LogP contribution in [0.4, 0.5) is 0 Å². The molecule has 0 bridgehead atoms. The molecule has 3 N–H and O–H groups in total. The van der Waals surface area contributed by atoms with Crippen molar-refractivity contribution in [3.63, 3.8) is 0 Å². The second kappa shape index (κ2) is 7.53. The van der Waals surface area contributed by atoms with Crippen LogP contribution in [0.2, 0.25) is 0 Å². The van der Waals surface area contributed by atoms with Gasteiger partial charge in [0.15, 0.2) is 0 Å². The molecule has 2 unspecified atom stereocenters. The zero-order valence-corrected chi connectivity index (χ0v) is 7.74. The van der Waals surface area contributed by atoms with Crippen LogP contribution in [0, 0.1) is 5.92 Å². The van der Waals surface area contributed by atoms with Crippen LogP contribution in [-0.2, 0) is 0 Å². The van der Waals surface area contributed by atoms with Crippen LogP contribution in [-0.4, -0.2) is 34.6 Å². The van der Waals surface area contributed by atoms with Crippen molar-refractivity contribution in [2.75, 3.05) is 13.2 Å². The fraction of sp³-hybridized carbons (Fsp3) is 1.00. The SMILES string of the molecule is CC(O)CC(CCO)CCCO. The number of aliphatic hydroxyl groups excluding tert-OH is 3. The number of rotatable bonds is 7. The van der Waals surface area contributed by atoms with Gasteiger partial charge < -0.3 is 15.3 Å². The molecule has 0 aromatic carbocycles. The molecular weight excluding hydrogens is 156 g/mol. The van der Waals surface area contributed by atoms with Crippen LogP contribution in [0.5, 0.6) is 0 Å². The molecular formula is C9H20O3. The first-order chi connectivity index (χ1) is 5.70. The Morgan fingerprint density at radius 2 is 1.75 bits per heavy atom. The van der Waals surface area contributed by atoms with Gasteiger partial charge >= 0.3 is 0 Å². The molecule has 12 heavy (non-hydrogen) atoms. The van der Waals surface area contributed by atoms with Crippen molar-refractivity contribution in [3.8, 4) is 0 Å². The Bertz CT molecular complexity index is 93.8. The molecule has 0 aromatic rings. The van der Waals surface area contributed by atoms with Gasteiger partial charge in [0.25, 0.3) is 0 Å². The molecule has 0 heterocycles. The largest absolute Gasteiger partial charge is 0.396 e. The maximum Gasteiger partial charge on any atom is 0.0514 e. The van der Waals surface area contributed by atoms with E-state index in [9.17, 15) is 0 Å². The Balaban J connectivity index is 3.54. The summed E-state index contributed by atoms with van der Waals surface area (Å²) in [4.78, 5) is 0. The summed E-state index contributed by atoms with van der Waals surface area (Å²) in [7, 11) is 0. The van der Waals surface area contributed by atoms with Gasteiger partial charge in [0.2, 0.25) is 0 Å². The highest BCUT2D eigenvalue weighted by atomic mass is 16.3. The monoisotopic (exact) mass is 176 g/mol. The molecule has 0 spiro atoms. The maximum absolute atomic E-state index is 9.10. The van der Waals surface area contributed by atoms with E-state index in [0.717, 1.165) is 25.7 Å². The van der Waals surface area contributed by atoms with Gasteiger partial charge in [-0.05, 0) is 38.5 Å². The Kier molecular flexibility index (Phi) is 7.45. The fourth-order valence-corrected chi connectivity index (χ4v) is 1.42. The number of aliphatic hydroxyl groups is 3. The Morgan fingerprint density at radius 3 is 2.17 bits per heavy atom. The zero-order chi connectivity index (χ0) is 9.40. The normalized spacial score (nSPS) is 16.0. The van der Waals surface area contributed by atoms with Crippen LogP contribution in [0.25, 0.3) is 0 Å². The smallest absolute Gasteiger partial charge is 0.0514 e. The van der Waals surface area contributed by atoms with Crippen molar-refractivity contribution in [1.29, 1.82) is 0 Å². The predicted octanol–water partition coefficient (Wildman–Crippen LogP) is 0.528. The van der Waals surface area contributed by atoms with Crippen molar-refractivity contribution in [2.24, 2.45) is 5.92 Å². The first-order valence-electron chi connectivity index (χ1n) is 4.60. The topological polar surface area (TPSA) is 60.7 Å². The molecule has 0 aliphatic rings. The molecule has 0 aromatic heterocycles. The fourth-order valence-electron chi connectivity index (χ4n) is 1.42. The summed E-state index contributed by atoms with van der Waals surface area (Å²) in [5.74, 6) is 0.349. The van der Waals surface area contributed by atoms with Crippen LogP contribution < -0.4 is 0 Å². The highest BCUT2D eigenvalue weighted by Gasteiger charge is 2.10. The average molecular weight is 176 g/mol. The number of hydrogen-bond donors (Lipinski definition) is 3. The molecule has 2 atom stereocenters. The van der Waals surface area contributed by atoms with Crippen LogP contribution >= 0.6 is 0 Å². The van der Waals surface area contributed by atoms with E-state index in [1.54, 1.807) is 6.92 Å². The van der Waals surface area contributed by atoms with Crippen molar-refractivity contribution in [2.45, 2.75) is 38.7 Å². The first-order valence-corrected chi connectivity index (χ1v) is 4.60. The van der Waals surface area contributed by atoms with Crippen molar-refractivity contribution >= 4 is 0 Å². The van der Waals surface area contributed by atoms with E-state index >= 15 is 0 Å². The van der Waals surface area contributed by atoms with Gasteiger partial charge in [0.1, 0.15) is 0 Å². The third kappa shape index (κ3) is 6.58. The van der Waals surface area contributed by atoms with Crippen LogP contribution in [0.1, 0.15) is 32.6 Å². The van der Waals surface area contributed by atoms with Gasteiger partial charge in [-0.15, -0.1) is 0 Å². The minimum atomic E-state index is -0.305. The van der Waals surface area contributed by atoms with Crippen LogP contribution in [0.15, 0.2) is 0 Å². The van der Waals surface area contributed by atoms with Gasteiger partial charge in [-0.1, -0.05) is 0 Å². The van der Waals surface area contributed by atoms with Gasteiger partial charge in [0.05, 0.1) is 6.10 Å². The summed E-state index contributed by atoms with van der Waals surface area (Å²) >= 11 is 0. The zero-order valence-electron chi connectivity index (χ0n) is 7.74. The lowest BCUT2D eigenvalue weighted by Crippen LogP contribution is -2.12. The molecule has 0 aliphatic heterocycles. The minimum Gasteiger partial charge on any atom is -0.396 e. The minimum absolute atomic E-state index is 0.169. The molecule has 3 heteroatoms. The van der Waals surface area contributed by atoms with E-state index in [2.05, 4.69) is 0 Å². The quantitative estimate of drug-likeness (QED) is 0.530. The third-order valence-corrected chi connectivity index (χ3v) is 1.98. The summed E-state index contributed by atoms with van der Waals surface area (Å²) in [6.45, 7) is 2.12. The molecule has 0 fully saturated rings. The summed E-state index contributed by atoms with van der Waals surface area (Å²) in [5, 5.41) is 26.4. The average Bonchev–Trinajstić information content (AvgIpc) is 2.00. The second-order valence-electron chi connectivity index (χ2n) is 3.33. The highest BCUT2D eigenvalue weighted by Crippen LogP contribution is 2.16. The number of hydrogen-bond acceptors (Lipinski definition) is 3. The van der Waals surface area contributed by atoms with Gasteiger partial charge in [-0.3, -0.25) is 0 Å². The van der Waals surface area contributed by atoms with Crippen molar-refractivity contribution in [1.82, 2.24) is 0 Å². The molecule has 0 radical (unpaired) electrons. The van der Waals surface area contributed by atoms with E-state index in [4.69, 9.17) is 15.3 Å². The summed E-state index contributed by atoms with van der Waals surface area (Å²) in [6.07, 6.45) is 2.80. The first kappa shape index (κ1) is 11.9. The van der Waals surface area contributed by atoms with E-state index in [1.165, 1.54) is 0 Å². The Hall–Kier alpha value is -0.120. The molecule has 0 saturated carbocycles. The standard InChI is InChI=1S/C9H20O3/c1-8(12)7-9(4-6-11)3-2-5-10/h8-12H,2-7H2,1H3. The lowest BCUT2D eigenvalue weighted by atomic mass is 9.94.